The maximum atomic E-state index is 4.15. The molecule has 0 spiro atoms. The molecule has 0 aliphatic carbocycles. The molecule has 0 saturated heterocycles. The normalized spacial score (nSPS) is 11.7. The van der Waals surface area contributed by atoms with E-state index in [0.29, 0.717) is 0 Å². The molecule has 0 aromatic heterocycles. The van der Waals surface area contributed by atoms with Gasteiger partial charge in [0.2, 0.25) is 0 Å². The summed E-state index contributed by atoms with van der Waals surface area (Å²) in [7, 11) is 0. The van der Waals surface area contributed by atoms with Gasteiger partial charge in [-0.25, -0.2) is 0 Å². The second-order valence-electron chi connectivity index (χ2n) is 2.70. The minimum atomic E-state index is 0.871. The number of thiol groups is 1. The van der Waals surface area contributed by atoms with Gasteiger partial charge in [-0.2, -0.15) is 12.6 Å². The Morgan fingerprint density at radius 3 is 2.50 bits per heavy atom. The van der Waals surface area contributed by atoms with Crippen LogP contribution in [0, 0.1) is 0 Å². The molecule has 0 aliphatic heterocycles. The highest BCUT2D eigenvalue weighted by Crippen LogP contribution is 2.04. The molecule has 0 amide bonds. The van der Waals surface area contributed by atoms with Crippen molar-refractivity contribution >= 4 is 12.6 Å². The standard InChI is InChI=1S/C9H16S/c1-8(2)5-4-6-9(3)7-10/h6,10H,1,4-5,7H2,2-3H3. The summed E-state index contributed by atoms with van der Waals surface area (Å²) in [5, 5.41) is 0. The first-order chi connectivity index (χ1) is 4.66. The third-order valence-electron chi connectivity index (χ3n) is 1.31. The predicted molar refractivity (Wildman–Crippen MR) is 51.7 cm³/mol. The smallest absolute Gasteiger partial charge is 0.0110 e. The van der Waals surface area contributed by atoms with Gasteiger partial charge < -0.3 is 0 Å². The van der Waals surface area contributed by atoms with Gasteiger partial charge in [-0.15, -0.1) is 6.58 Å². The van der Waals surface area contributed by atoms with Gasteiger partial charge in [0.25, 0.3) is 0 Å². The van der Waals surface area contributed by atoms with Crippen LogP contribution in [0.2, 0.25) is 0 Å². The number of hydrogen-bond donors (Lipinski definition) is 1. The van der Waals surface area contributed by atoms with E-state index in [1.165, 1.54) is 11.1 Å². The summed E-state index contributed by atoms with van der Waals surface area (Å²) in [4.78, 5) is 0. The van der Waals surface area contributed by atoms with E-state index < -0.39 is 0 Å². The molecule has 0 aromatic rings. The van der Waals surface area contributed by atoms with E-state index in [1.54, 1.807) is 0 Å². The largest absolute Gasteiger partial charge is 0.175 e. The van der Waals surface area contributed by atoms with Crippen LogP contribution in [0.5, 0.6) is 0 Å². The average Bonchev–Trinajstić information content (AvgIpc) is 1.87. The van der Waals surface area contributed by atoms with E-state index in [9.17, 15) is 0 Å². The lowest BCUT2D eigenvalue weighted by atomic mass is 10.1. The van der Waals surface area contributed by atoms with E-state index >= 15 is 0 Å². The van der Waals surface area contributed by atoms with E-state index in [-0.39, 0.29) is 0 Å². The zero-order chi connectivity index (χ0) is 7.98. The molecule has 0 aliphatic rings. The summed E-state index contributed by atoms with van der Waals surface area (Å²) >= 11 is 4.15. The van der Waals surface area contributed by atoms with Crippen LogP contribution in [0.25, 0.3) is 0 Å². The quantitative estimate of drug-likeness (QED) is 0.469. The monoisotopic (exact) mass is 156 g/mol. The van der Waals surface area contributed by atoms with Gasteiger partial charge in [-0.1, -0.05) is 17.2 Å². The van der Waals surface area contributed by atoms with Gasteiger partial charge in [-0.3, -0.25) is 0 Å². The summed E-state index contributed by atoms with van der Waals surface area (Å²) in [6, 6.07) is 0. The molecule has 0 atom stereocenters. The van der Waals surface area contributed by atoms with Crippen molar-refractivity contribution in [2.45, 2.75) is 26.7 Å². The minimum Gasteiger partial charge on any atom is -0.175 e. The Balaban J connectivity index is 3.43. The first kappa shape index (κ1) is 9.83. The van der Waals surface area contributed by atoms with E-state index in [4.69, 9.17) is 0 Å². The van der Waals surface area contributed by atoms with E-state index in [0.717, 1.165) is 18.6 Å². The van der Waals surface area contributed by atoms with Gasteiger partial charge in [0, 0.05) is 5.75 Å². The zero-order valence-electron chi connectivity index (χ0n) is 6.85. The Bertz CT molecular complexity index is 134. The van der Waals surface area contributed by atoms with Crippen LogP contribution in [0.1, 0.15) is 26.7 Å². The number of allylic oxidation sites excluding steroid dienone is 2. The van der Waals surface area contributed by atoms with Crippen molar-refractivity contribution in [2.75, 3.05) is 5.75 Å². The predicted octanol–water partition coefficient (Wildman–Crippen LogP) is 3.22. The Hall–Kier alpha value is -0.170. The Morgan fingerprint density at radius 2 is 2.10 bits per heavy atom. The highest BCUT2D eigenvalue weighted by atomic mass is 32.1. The van der Waals surface area contributed by atoms with Crippen LogP contribution in [-0.4, -0.2) is 5.75 Å². The van der Waals surface area contributed by atoms with Crippen LogP contribution < -0.4 is 0 Å². The molecular formula is C9H16S. The summed E-state index contributed by atoms with van der Waals surface area (Å²) in [5.41, 5.74) is 2.60. The molecule has 0 unspecified atom stereocenters. The van der Waals surface area contributed by atoms with Crippen molar-refractivity contribution in [3.63, 3.8) is 0 Å². The molecule has 0 nitrogen and oxygen atoms in total. The van der Waals surface area contributed by atoms with Gasteiger partial charge in [0.1, 0.15) is 0 Å². The minimum absolute atomic E-state index is 0.871. The SMILES string of the molecule is C=C(C)CCC=C(C)CS. The molecule has 10 heavy (non-hydrogen) atoms. The maximum Gasteiger partial charge on any atom is 0.0110 e. The third kappa shape index (κ3) is 5.96. The maximum absolute atomic E-state index is 4.15. The summed E-state index contributed by atoms with van der Waals surface area (Å²) in [6.45, 7) is 7.99. The van der Waals surface area contributed by atoms with Crippen LogP contribution in [0.3, 0.4) is 0 Å². The van der Waals surface area contributed by atoms with E-state index in [2.05, 4.69) is 39.1 Å². The van der Waals surface area contributed by atoms with Crippen LogP contribution in [0.4, 0.5) is 0 Å². The fourth-order valence-corrected chi connectivity index (χ4v) is 0.759. The van der Waals surface area contributed by atoms with Crippen molar-refractivity contribution in [1.82, 2.24) is 0 Å². The molecule has 1 heteroatoms. The summed E-state index contributed by atoms with van der Waals surface area (Å²) in [6.07, 6.45) is 4.44. The van der Waals surface area contributed by atoms with Gasteiger partial charge in [-0.05, 0) is 26.7 Å². The molecule has 0 aromatic carbocycles. The van der Waals surface area contributed by atoms with Crippen molar-refractivity contribution in [3.05, 3.63) is 23.8 Å². The van der Waals surface area contributed by atoms with Crippen LogP contribution >= 0.6 is 12.6 Å². The summed E-state index contributed by atoms with van der Waals surface area (Å²) < 4.78 is 0. The molecule has 0 rings (SSSR count). The number of hydrogen-bond acceptors (Lipinski definition) is 1. The highest BCUT2D eigenvalue weighted by Gasteiger charge is 1.85. The van der Waals surface area contributed by atoms with Crippen LogP contribution in [-0.2, 0) is 0 Å². The second-order valence-corrected chi connectivity index (χ2v) is 3.02. The lowest BCUT2D eigenvalue weighted by Gasteiger charge is -1.95. The fraction of sp³-hybridized carbons (Fsp3) is 0.556. The Kier molecular flexibility index (Phi) is 5.51. The highest BCUT2D eigenvalue weighted by molar-refractivity contribution is 7.80. The molecule has 0 heterocycles. The Morgan fingerprint density at radius 1 is 1.50 bits per heavy atom. The van der Waals surface area contributed by atoms with Gasteiger partial charge in [0.05, 0.1) is 0 Å². The fourth-order valence-electron chi connectivity index (χ4n) is 0.630. The lowest BCUT2D eigenvalue weighted by molar-refractivity contribution is 0.973. The second kappa shape index (κ2) is 5.60. The molecule has 0 radical (unpaired) electrons. The van der Waals surface area contributed by atoms with Crippen LogP contribution in [0.15, 0.2) is 23.8 Å². The summed E-state index contributed by atoms with van der Waals surface area (Å²) in [5.74, 6) is 0.871. The molecule has 0 bridgehead atoms. The molecular weight excluding hydrogens is 140 g/mol. The lowest BCUT2D eigenvalue weighted by Crippen LogP contribution is -1.78. The first-order valence-electron chi connectivity index (χ1n) is 3.57. The molecule has 58 valence electrons. The first-order valence-corrected chi connectivity index (χ1v) is 4.21. The molecule has 0 N–H and O–H groups in total. The van der Waals surface area contributed by atoms with Crippen molar-refractivity contribution < 1.29 is 0 Å². The topological polar surface area (TPSA) is 0 Å². The van der Waals surface area contributed by atoms with E-state index in [1.807, 2.05) is 0 Å². The van der Waals surface area contributed by atoms with Gasteiger partial charge >= 0.3 is 0 Å². The van der Waals surface area contributed by atoms with Crippen molar-refractivity contribution in [2.24, 2.45) is 0 Å². The van der Waals surface area contributed by atoms with Crippen molar-refractivity contribution in [1.29, 1.82) is 0 Å². The number of rotatable bonds is 4. The molecule has 0 fully saturated rings. The Labute approximate surface area is 69.4 Å². The average molecular weight is 156 g/mol. The molecule has 0 saturated carbocycles. The third-order valence-corrected chi connectivity index (χ3v) is 1.81. The zero-order valence-corrected chi connectivity index (χ0v) is 7.75. The van der Waals surface area contributed by atoms with Gasteiger partial charge in [0.15, 0.2) is 0 Å². The van der Waals surface area contributed by atoms with Crippen molar-refractivity contribution in [3.8, 4) is 0 Å².